The maximum absolute atomic E-state index is 9.09. The lowest BCUT2D eigenvalue weighted by atomic mass is 9.98. The maximum Gasteiger partial charge on any atom is 0.231 e. The first-order valence-corrected chi connectivity index (χ1v) is 8.36. The minimum absolute atomic E-state index is 0.429. The maximum atomic E-state index is 9.09. The molecule has 7 heteroatoms. The first-order valence-electron chi connectivity index (χ1n) is 8.36. The highest BCUT2D eigenvalue weighted by Gasteiger charge is 2.22. The number of nitriles is 1. The zero-order valence-electron chi connectivity index (χ0n) is 13.7. The fourth-order valence-corrected chi connectivity index (χ4v) is 3.19. The Hall–Kier alpha value is -3.14. The molecule has 1 aliphatic rings. The lowest BCUT2D eigenvalue weighted by Crippen LogP contribution is -2.36. The monoisotopic (exact) mass is 334 g/mol. The van der Waals surface area contributed by atoms with Gasteiger partial charge >= 0.3 is 0 Å². The fourth-order valence-electron chi connectivity index (χ4n) is 3.19. The highest BCUT2D eigenvalue weighted by atomic mass is 16.5. The van der Waals surface area contributed by atoms with Gasteiger partial charge in [-0.1, -0.05) is 0 Å². The third-order valence-corrected chi connectivity index (χ3v) is 4.57. The predicted octanol–water partition coefficient (Wildman–Crippen LogP) is 2.29. The molecular weight excluding hydrogens is 316 g/mol. The Morgan fingerprint density at radius 2 is 2.04 bits per heavy atom. The summed E-state index contributed by atoms with van der Waals surface area (Å²) in [6, 6.07) is 7.57. The lowest BCUT2D eigenvalue weighted by Gasteiger charge is -2.32. The Morgan fingerprint density at radius 1 is 1.16 bits per heavy atom. The van der Waals surface area contributed by atoms with E-state index in [1.54, 1.807) is 30.7 Å². The van der Waals surface area contributed by atoms with E-state index < -0.39 is 0 Å². The number of hydrogen-bond donors (Lipinski definition) is 0. The highest BCUT2D eigenvalue weighted by molar-refractivity contribution is 5.68. The van der Waals surface area contributed by atoms with Gasteiger partial charge in [0.2, 0.25) is 5.88 Å². The predicted molar refractivity (Wildman–Crippen MR) is 92.4 cm³/mol. The molecule has 0 N–H and O–H groups in total. The van der Waals surface area contributed by atoms with Crippen LogP contribution in [0.3, 0.4) is 0 Å². The molecule has 1 saturated heterocycles. The van der Waals surface area contributed by atoms with Crippen molar-refractivity contribution in [2.45, 2.75) is 12.8 Å². The molecule has 126 valence electrons. The molecule has 1 fully saturated rings. The van der Waals surface area contributed by atoms with E-state index in [4.69, 9.17) is 10.00 Å². The van der Waals surface area contributed by atoms with Gasteiger partial charge in [0.25, 0.3) is 0 Å². The standard InChI is InChI=1S/C18H18N6O/c19-12-15-2-1-6-21-18(15)25-13-14-4-9-23(10-5-14)17-16-3-7-22-24(16)11-8-20-17/h1-3,6-8,11,14H,4-5,9-10,13H2. The lowest BCUT2D eigenvalue weighted by molar-refractivity contribution is 0.215. The molecule has 1 aliphatic heterocycles. The molecule has 25 heavy (non-hydrogen) atoms. The van der Waals surface area contributed by atoms with Crippen LogP contribution in [0.5, 0.6) is 5.88 Å². The smallest absolute Gasteiger partial charge is 0.231 e. The van der Waals surface area contributed by atoms with Gasteiger partial charge in [0, 0.05) is 31.7 Å². The van der Waals surface area contributed by atoms with Gasteiger partial charge < -0.3 is 9.64 Å². The number of rotatable bonds is 4. The van der Waals surface area contributed by atoms with Crippen LogP contribution in [-0.4, -0.2) is 39.3 Å². The van der Waals surface area contributed by atoms with Crippen molar-refractivity contribution in [1.29, 1.82) is 5.26 Å². The van der Waals surface area contributed by atoms with Gasteiger partial charge in [-0.3, -0.25) is 0 Å². The Labute approximate surface area is 145 Å². The average molecular weight is 334 g/mol. The Morgan fingerprint density at radius 3 is 2.88 bits per heavy atom. The number of hydrogen-bond acceptors (Lipinski definition) is 6. The van der Waals surface area contributed by atoms with Crippen LogP contribution < -0.4 is 9.64 Å². The molecule has 4 heterocycles. The van der Waals surface area contributed by atoms with Crippen molar-refractivity contribution in [3.05, 3.63) is 48.5 Å². The normalized spacial score (nSPS) is 15.2. The minimum atomic E-state index is 0.429. The van der Waals surface area contributed by atoms with Crippen LogP contribution in [0, 0.1) is 17.2 Å². The second kappa shape index (κ2) is 6.77. The van der Waals surface area contributed by atoms with Crippen LogP contribution >= 0.6 is 0 Å². The number of nitrogens with zero attached hydrogens (tertiary/aromatic N) is 6. The number of fused-ring (bicyclic) bond motifs is 1. The van der Waals surface area contributed by atoms with Crippen LogP contribution in [0.1, 0.15) is 18.4 Å². The van der Waals surface area contributed by atoms with Crippen molar-refractivity contribution in [1.82, 2.24) is 19.6 Å². The molecule has 0 amide bonds. The number of pyridine rings is 1. The summed E-state index contributed by atoms with van der Waals surface area (Å²) in [5, 5.41) is 13.4. The second-order valence-electron chi connectivity index (χ2n) is 6.12. The number of aromatic nitrogens is 4. The fraction of sp³-hybridized carbons (Fsp3) is 0.333. The largest absolute Gasteiger partial charge is 0.476 e. The summed E-state index contributed by atoms with van der Waals surface area (Å²) in [6.45, 7) is 2.45. The summed E-state index contributed by atoms with van der Waals surface area (Å²) >= 11 is 0. The first kappa shape index (κ1) is 15.4. The van der Waals surface area contributed by atoms with E-state index in [2.05, 4.69) is 26.0 Å². The van der Waals surface area contributed by atoms with Gasteiger partial charge in [0.05, 0.1) is 12.8 Å². The van der Waals surface area contributed by atoms with E-state index in [0.29, 0.717) is 24.0 Å². The SMILES string of the molecule is N#Cc1cccnc1OCC1CCN(c2nccn3nccc23)CC1. The van der Waals surface area contributed by atoms with Crippen molar-refractivity contribution >= 4 is 11.3 Å². The minimum Gasteiger partial charge on any atom is -0.476 e. The van der Waals surface area contributed by atoms with E-state index >= 15 is 0 Å². The quantitative estimate of drug-likeness (QED) is 0.728. The number of anilines is 1. The summed E-state index contributed by atoms with van der Waals surface area (Å²) in [5.41, 5.74) is 1.51. The molecule has 0 saturated carbocycles. The summed E-state index contributed by atoms with van der Waals surface area (Å²) in [5.74, 6) is 1.86. The molecule has 3 aromatic heterocycles. The van der Waals surface area contributed by atoms with Crippen LogP contribution in [0.2, 0.25) is 0 Å². The highest BCUT2D eigenvalue weighted by Crippen LogP contribution is 2.25. The first-order chi connectivity index (χ1) is 12.3. The van der Waals surface area contributed by atoms with E-state index in [9.17, 15) is 0 Å². The molecule has 4 rings (SSSR count). The summed E-state index contributed by atoms with van der Waals surface area (Å²) in [4.78, 5) is 11.0. The van der Waals surface area contributed by atoms with E-state index in [-0.39, 0.29) is 0 Å². The van der Waals surface area contributed by atoms with Gasteiger partial charge in [-0.2, -0.15) is 10.4 Å². The third-order valence-electron chi connectivity index (χ3n) is 4.57. The summed E-state index contributed by atoms with van der Waals surface area (Å²) < 4.78 is 7.63. The summed E-state index contributed by atoms with van der Waals surface area (Å²) in [6.07, 6.45) is 9.13. The van der Waals surface area contributed by atoms with Crippen molar-refractivity contribution in [3.8, 4) is 11.9 Å². The third kappa shape index (κ3) is 3.11. The van der Waals surface area contributed by atoms with E-state index in [1.165, 1.54) is 0 Å². The molecule has 0 aliphatic carbocycles. The Balaban J connectivity index is 1.37. The molecule has 3 aromatic rings. The van der Waals surface area contributed by atoms with Gasteiger partial charge in [-0.25, -0.2) is 14.5 Å². The van der Waals surface area contributed by atoms with Crippen LogP contribution in [0.4, 0.5) is 5.82 Å². The number of piperidine rings is 1. The van der Waals surface area contributed by atoms with Gasteiger partial charge in [0.1, 0.15) is 17.1 Å². The zero-order valence-corrected chi connectivity index (χ0v) is 13.7. The van der Waals surface area contributed by atoms with Crippen LogP contribution in [0.15, 0.2) is 43.0 Å². The number of ether oxygens (including phenoxy) is 1. The van der Waals surface area contributed by atoms with Crippen LogP contribution in [-0.2, 0) is 0 Å². The zero-order chi connectivity index (χ0) is 17.1. The molecule has 0 atom stereocenters. The molecule has 0 spiro atoms. The average Bonchev–Trinajstić information content (AvgIpc) is 3.16. The van der Waals surface area contributed by atoms with Crippen molar-refractivity contribution in [2.24, 2.45) is 5.92 Å². The van der Waals surface area contributed by atoms with Crippen molar-refractivity contribution in [3.63, 3.8) is 0 Å². The molecule has 0 radical (unpaired) electrons. The van der Waals surface area contributed by atoms with E-state index in [1.807, 2.05) is 16.8 Å². The molecule has 0 aromatic carbocycles. The summed E-state index contributed by atoms with van der Waals surface area (Å²) in [7, 11) is 0. The second-order valence-corrected chi connectivity index (χ2v) is 6.12. The Bertz CT molecular complexity index is 907. The van der Waals surface area contributed by atoms with Crippen molar-refractivity contribution in [2.75, 3.05) is 24.6 Å². The topological polar surface area (TPSA) is 79.3 Å². The molecule has 0 unspecified atom stereocenters. The van der Waals surface area contributed by atoms with Gasteiger partial charge in [-0.05, 0) is 37.0 Å². The molecule has 0 bridgehead atoms. The van der Waals surface area contributed by atoms with Crippen molar-refractivity contribution < 1.29 is 4.74 Å². The van der Waals surface area contributed by atoms with Crippen LogP contribution in [0.25, 0.3) is 5.52 Å². The van der Waals surface area contributed by atoms with Gasteiger partial charge in [0.15, 0.2) is 5.82 Å². The molecular formula is C18H18N6O. The molecule has 7 nitrogen and oxygen atoms in total. The Kier molecular flexibility index (Phi) is 4.17. The van der Waals surface area contributed by atoms with Gasteiger partial charge in [-0.15, -0.1) is 0 Å². The van der Waals surface area contributed by atoms with E-state index in [0.717, 1.165) is 37.3 Å².